The normalized spacial score (nSPS) is 12.4. The standard InChI is InChI=1S/C29H26F5N7O4S/c1-4-45-28(43)41-46(3,44)19-7-5-6-18(14-19)37-26-36-15-20(25(35-2)40-26)16-8-11-23(22(31)12-16)38-27(42)39-24-13-17(29(32,33)34)9-10-21(24)30/h5-15H,4H2,1-3H3,(H2,38,39,42)(H2,35,36,37,40). The number of halogens is 5. The first-order valence-corrected chi connectivity index (χ1v) is 15.2. The maximum Gasteiger partial charge on any atom is 0.442 e. The first kappa shape index (κ1) is 33.6. The van der Waals surface area contributed by atoms with E-state index in [0.29, 0.717) is 35.0 Å². The van der Waals surface area contributed by atoms with Crippen LogP contribution in [0.3, 0.4) is 0 Å². The van der Waals surface area contributed by atoms with Crippen LogP contribution in [0.25, 0.3) is 11.1 Å². The van der Waals surface area contributed by atoms with E-state index in [-0.39, 0.29) is 29.0 Å². The molecule has 0 fully saturated rings. The molecule has 46 heavy (non-hydrogen) atoms. The van der Waals surface area contributed by atoms with Gasteiger partial charge in [-0.15, -0.1) is 4.36 Å². The van der Waals surface area contributed by atoms with E-state index in [1.807, 2.05) is 5.32 Å². The SMILES string of the molecule is CCOC(=O)N=S(C)(=O)c1cccc(Nc2ncc(-c3ccc(NC(=O)Nc4cc(C(F)(F)F)ccc4F)c(F)c3)c(NC)n2)c1. The number of carbonyl (C=O) groups excluding carboxylic acids is 2. The van der Waals surface area contributed by atoms with E-state index in [9.17, 15) is 35.8 Å². The van der Waals surface area contributed by atoms with Crippen molar-refractivity contribution >= 4 is 50.7 Å². The first-order chi connectivity index (χ1) is 21.7. The van der Waals surface area contributed by atoms with Gasteiger partial charge in [0.15, 0.2) is 0 Å². The molecule has 17 heteroatoms. The van der Waals surface area contributed by atoms with Crippen LogP contribution in [0.4, 0.5) is 60.4 Å². The lowest BCUT2D eigenvalue weighted by Crippen LogP contribution is -2.21. The lowest BCUT2D eigenvalue weighted by atomic mass is 10.1. The molecule has 4 aromatic rings. The lowest BCUT2D eigenvalue weighted by Gasteiger charge is -2.14. The van der Waals surface area contributed by atoms with Crippen molar-refractivity contribution < 1.29 is 40.5 Å². The summed E-state index contributed by atoms with van der Waals surface area (Å²) in [5, 5.41) is 9.93. The molecule has 3 amide bonds. The third-order valence-corrected chi connectivity index (χ3v) is 7.77. The molecule has 3 aromatic carbocycles. The quantitative estimate of drug-likeness (QED) is 0.142. The van der Waals surface area contributed by atoms with Crippen LogP contribution in [0.2, 0.25) is 0 Å². The summed E-state index contributed by atoms with van der Waals surface area (Å²) in [6.45, 7) is 1.68. The number of alkyl halides is 3. The summed E-state index contributed by atoms with van der Waals surface area (Å²) in [4.78, 5) is 33.0. The van der Waals surface area contributed by atoms with Crippen molar-refractivity contribution in [2.24, 2.45) is 4.36 Å². The van der Waals surface area contributed by atoms with Crippen LogP contribution in [-0.4, -0.2) is 46.2 Å². The minimum atomic E-state index is -4.76. The van der Waals surface area contributed by atoms with Crippen LogP contribution in [0.15, 0.2) is 76.1 Å². The number of hydrogen-bond acceptors (Lipinski definition) is 8. The zero-order chi connectivity index (χ0) is 33.6. The van der Waals surface area contributed by atoms with Crippen molar-refractivity contribution in [1.29, 1.82) is 0 Å². The average molecular weight is 664 g/mol. The number of nitrogens with zero attached hydrogens (tertiary/aromatic N) is 3. The Kier molecular flexibility index (Phi) is 10.0. The van der Waals surface area contributed by atoms with Gasteiger partial charge in [-0.05, 0) is 61.0 Å². The van der Waals surface area contributed by atoms with Gasteiger partial charge in [-0.1, -0.05) is 12.1 Å². The lowest BCUT2D eigenvalue weighted by molar-refractivity contribution is -0.137. The molecule has 0 radical (unpaired) electrons. The number of nitrogens with one attached hydrogen (secondary N) is 4. The molecule has 1 unspecified atom stereocenters. The summed E-state index contributed by atoms with van der Waals surface area (Å²) in [7, 11) is -1.54. The second-order valence-electron chi connectivity index (χ2n) is 9.42. The summed E-state index contributed by atoms with van der Waals surface area (Å²) in [6, 6.07) is 10.4. The van der Waals surface area contributed by atoms with E-state index in [0.717, 1.165) is 6.07 Å². The number of anilines is 5. The van der Waals surface area contributed by atoms with Crippen molar-refractivity contribution in [3.8, 4) is 11.1 Å². The Labute approximate surface area is 259 Å². The third kappa shape index (κ3) is 8.23. The summed E-state index contributed by atoms with van der Waals surface area (Å²) < 4.78 is 89.2. The van der Waals surface area contributed by atoms with Crippen LogP contribution < -0.4 is 21.3 Å². The van der Waals surface area contributed by atoms with Crippen molar-refractivity contribution in [2.75, 3.05) is 41.2 Å². The topological polar surface area (TPSA) is 147 Å². The van der Waals surface area contributed by atoms with Gasteiger partial charge < -0.3 is 26.0 Å². The summed E-state index contributed by atoms with van der Waals surface area (Å²) in [6.07, 6.45) is -3.01. The number of urea groups is 1. The fourth-order valence-corrected chi connectivity index (χ4v) is 5.10. The molecule has 1 atom stereocenters. The second-order valence-corrected chi connectivity index (χ2v) is 11.7. The molecule has 0 spiro atoms. The third-order valence-electron chi connectivity index (χ3n) is 6.14. The average Bonchev–Trinajstić information content (AvgIpc) is 2.98. The molecule has 1 aromatic heterocycles. The maximum atomic E-state index is 15.0. The monoisotopic (exact) mass is 663 g/mol. The van der Waals surface area contributed by atoms with Gasteiger partial charge in [-0.3, -0.25) is 0 Å². The van der Waals surface area contributed by atoms with Crippen LogP contribution in [0.1, 0.15) is 12.5 Å². The van der Waals surface area contributed by atoms with E-state index in [1.165, 1.54) is 30.7 Å². The highest BCUT2D eigenvalue weighted by Gasteiger charge is 2.31. The van der Waals surface area contributed by atoms with Crippen molar-refractivity contribution in [1.82, 2.24) is 9.97 Å². The molecule has 0 bridgehead atoms. The van der Waals surface area contributed by atoms with E-state index in [1.54, 1.807) is 32.2 Å². The molecule has 1 heterocycles. The molecule has 0 saturated carbocycles. The van der Waals surface area contributed by atoms with Crippen LogP contribution in [0, 0.1) is 11.6 Å². The molecule has 0 aliphatic carbocycles. The van der Waals surface area contributed by atoms with Gasteiger partial charge in [-0.2, -0.15) is 18.2 Å². The Balaban J connectivity index is 1.50. The predicted molar refractivity (Wildman–Crippen MR) is 163 cm³/mol. The van der Waals surface area contributed by atoms with Gasteiger partial charge in [0, 0.05) is 35.6 Å². The van der Waals surface area contributed by atoms with Gasteiger partial charge in [-0.25, -0.2) is 27.6 Å². The van der Waals surface area contributed by atoms with E-state index < -0.39 is 50.9 Å². The molecule has 11 nitrogen and oxygen atoms in total. The summed E-state index contributed by atoms with van der Waals surface area (Å²) >= 11 is 0. The molecule has 0 aliphatic rings. The number of carbonyl (C=O) groups is 2. The minimum Gasteiger partial charge on any atom is -0.448 e. The first-order valence-electron chi connectivity index (χ1n) is 13.3. The summed E-state index contributed by atoms with van der Waals surface area (Å²) in [5.41, 5.74) is -1.14. The Bertz CT molecular complexity index is 1910. The van der Waals surface area contributed by atoms with E-state index >= 15 is 0 Å². The Morgan fingerprint density at radius 2 is 1.72 bits per heavy atom. The van der Waals surface area contributed by atoms with Gasteiger partial charge in [0.05, 0.1) is 33.3 Å². The molecular weight excluding hydrogens is 637 g/mol. The highest BCUT2D eigenvalue weighted by molar-refractivity contribution is 7.93. The van der Waals surface area contributed by atoms with Crippen molar-refractivity contribution in [3.05, 3.63) is 84.1 Å². The zero-order valence-corrected chi connectivity index (χ0v) is 25.1. The maximum absolute atomic E-state index is 15.0. The highest BCUT2D eigenvalue weighted by Crippen LogP contribution is 2.33. The second kappa shape index (κ2) is 13.8. The Hall–Kier alpha value is -5.32. The number of amides is 3. The van der Waals surface area contributed by atoms with Gasteiger partial charge in [0.1, 0.15) is 17.5 Å². The molecule has 4 N–H and O–H groups in total. The molecule has 242 valence electrons. The number of rotatable bonds is 8. The molecule has 0 saturated heterocycles. The Morgan fingerprint density at radius 3 is 2.39 bits per heavy atom. The van der Waals surface area contributed by atoms with E-state index in [2.05, 4.69) is 30.3 Å². The number of aromatic nitrogens is 2. The molecule has 0 aliphatic heterocycles. The van der Waals surface area contributed by atoms with Gasteiger partial charge >= 0.3 is 18.3 Å². The number of benzene rings is 3. The van der Waals surface area contributed by atoms with Gasteiger partial charge in [0.2, 0.25) is 5.95 Å². The van der Waals surface area contributed by atoms with Crippen molar-refractivity contribution in [3.63, 3.8) is 0 Å². The predicted octanol–water partition coefficient (Wildman–Crippen LogP) is 7.48. The fourth-order valence-electron chi connectivity index (χ4n) is 3.98. The zero-order valence-electron chi connectivity index (χ0n) is 24.3. The number of hydrogen-bond donors (Lipinski definition) is 4. The van der Waals surface area contributed by atoms with Crippen LogP contribution >= 0.6 is 0 Å². The number of ether oxygens (including phenoxy) is 1. The Morgan fingerprint density at radius 1 is 0.978 bits per heavy atom. The highest BCUT2D eigenvalue weighted by atomic mass is 32.2. The van der Waals surface area contributed by atoms with Gasteiger partial charge in [0.25, 0.3) is 0 Å². The fraction of sp³-hybridized carbons (Fsp3) is 0.172. The largest absolute Gasteiger partial charge is 0.448 e. The van der Waals surface area contributed by atoms with Crippen LogP contribution in [0.5, 0.6) is 0 Å². The molecular formula is C29H26F5N7O4S. The van der Waals surface area contributed by atoms with Crippen molar-refractivity contribution in [2.45, 2.75) is 18.0 Å². The smallest absolute Gasteiger partial charge is 0.442 e. The van der Waals surface area contributed by atoms with Crippen LogP contribution in [-0.2, 0) is 20.6 Å². The minimum absolute atomic E-state index is 0.0834. The molecule has 4 rings (SSSR count). The summed E-state index contributed by atoms with van der Waals surface area (Å²) in [5.74, 6) is -1.62. The van der Waals surface area contributed by atoms with E-state index in [4.69, 9.17) is 4.74 Å².